The van der Waals surface area contributed by atoms with E-state index in [0.717, 1.165) is 30.4 Å². The number of carboxylic acids is 1. The molecule has 2 aliphatic rings. The fourth-order valence-corrected chi connectivity index (χ4v) is 5.28. The van der Waals surface area contributed by atoms with E-state index >= 15 is 0 Å². The first-order chi connectivity index (χ1) is 16.5. The number of carbonyl (C=O) groups is 3. The molecule has 0 radical (unpaired) electrons. The van der Waals surface area contributed by atoms with Crippen molar-refractivity contribution >= 4 is 18.0 Å². The van der Waals surface area contributed by atoms with E-state index in [2.05, 4.69) is 34.9 Å². The highest BCUT2D eigenvalue weighted by atomic mass is 16.5. The highest BCUT2D eigenvalue weighted by molar-refractivity contribution is 5.85. The molecule has 1 fully saturated rings. The molecule has 2 aromatic carbocycles. The predicted molar refractivity (Wildman–Crippen MR) is 128 cm³/mol. The van der Waals surface area contributed by atoms with Gasteiger partial charge < -0.3 is 20.5 Å². The Morgan fingerprint density at radius 2 is 1.62 bits per heavy atom. The number of rotatable bonds is 8. The van der Waals surface area contributed by atoms with Crippen molar-refractivity contribution in [3.8, 4) is 11.1 Å². The molecule has 4 rings (SSSR count). The first-order valence-corrected chi connectivity index (χ1v) is 12.1. The van der Waals surface area contributed by atoms with Crippen LogP contribution >= 0.6 is 0 Å². The zero-order valence-electron chi connectivity index (χ0n) is 19.5. The van der Waals surface area contributed by atoms with Crippen molar-refractivity contribution in [1.29, 1.82) is 0 Å². The Hall–Kier alpha value is -3.35. The van der Waals surface area contributed by atoms with Crippen LogP contribution in [0.2, 0.25) is 0 Å². The van der Waals surface area contributed by atoms with Crippen LogP contribution in [-0.4, -0.2) is 42.3 Å². The molecule has 0 heterocycles. The smallest absolute Gasteiger partial charge is 0.407 e. The van der Waals surface area contributed by atoms with Gasteiger partial charge in [0, 0.05) is 18.4 Å². The van der Waals surface area contributed by atoms with E-state index in [-0.39, 0.29) is 30.3 Å². The van der Waals surface area contributed by atoms with Crippen LogP contribution in [0.1, 0.15) is 56.1 Å². The van der Waals surface area contributed by atoms with Gasteiger partial charge in [-0.05, 0) is 47.4 Å². The number of nitrogens with one attached hydrogen (secondary N) is 2. The number of ether oxygens (including phenoxy) is 1. The fraction of sp³-hybridized carbons (Fsp3) is 0.444. The molecular weight excluding hydrogens is 432 g/mol. The lowest BCUT2D eigenvalue weighted by molar-refractivity contribution is -0.143. The van der Waals surface area contributed by atoms with Gasteiger partial charge in [0.05, 0.1) is 0 Å². The van der Waals surface area contributed by atoms with Crippen molar-refractivity contribution < 1.29 is 24.2 Å². The second kappa shape index (κ2) is 10.7. The molecule has 1 saturated carbocycles. The van der Waals surface area contributed by atoms with Crippen molar-refractivity contribution in [3.63, 3.8) is 0 Å². The number of carboxylic acid groups (broad SMARTS) is 1. The van der Waals surface area contributed by atoms with Crippen LogP contribution in [0.15, 0.2) is 48.5 Å². The summed E-state index contributed by atoms with van der Waals surface area (Å²) in [6.45, 7) is 2.31. The van der Waals surface area contributed by atoms with Gasteiger partial charge in [0.2, 0.25) is 5.91 Å². The van der Waals surface area contributed by atoms with Crippen molar-refractivity contribution in [2.45, 2.75) is 51.0 Å². The topological polar surface area (TPSA) is 105 Å². The fourth-order valence-electron chi connectivity index (χ4n) is 5.28. The van der Waals surface area contributed by atoms with Crippen molar-refractivity contribution in [2.24, 2.45) is 11.8 Å². The van der Waals surface area contributed by atoms with E-state index in [1.165, 1.54) is 11.1 Å². The largest absolute Gasteiger partial charge is 0.480 e. The van der Waals surface area contributed by atoms with Crippen LogP contribution in [0.3, 0.4) is 0 Å². The SMILES string of the molecule is CC[C@@H](NC(=O)[C@H]1CCCC[C@H]1CNC(=O)OCC1c2ccccc2-c2ccccc21)C(=O)O. The highest BCUT2D eigenvalue weighted by Crippen LogP contribution is 2.44. The van der Waals surface area contributed by atoms with Gasteiger partial charge in [-0.1, -0.05) is 68.3 Å². The van der Waals surface area contributed by atoms with Gasteiger partial charge in [-0.15, -0.1) is 0 Å². The summed E-state index contributed by atoms with van der Waals surface area (Å²) in [5.41, 5.74) is 4.67. The summed E-state index contributed by atoms with van der Waals surface area (Å²) < 4.78 is 5.61. The van der Waals surface area contributed by atoms with E-state index < -0.39 is 18.1 Å². The average molecular weight is 465 g/mol. The second-order valence-electron chi connectivity index (χ2n) is 9.17. The minimum absolute atomic E-state index is 0.00615. The van der Waals surface area contributed by atoms with E-state index in [1.807, 2.05) is 24.3 Å². The number of alkyl carbamates (subject to hydrolysis) is 1. The van der Waals surface area contributed by atoms with Crippen molar-refractivity contribution in [3.05, 3.63) is 59.7 Å². The molecule has 180 valence electrons. The molecule has 0 unspecified atom stereocenters. The summed E-state index contributed by atoms with van der Waals surface area (Å²) in [5, 5.41) is 14.7. The monoisotopic (exact) mass is 464 g/mol. The van der Waals surface area contributed by atoms with Crippen molar-refractivity contribution in [1.82, 2.24) is 10.6 Å². The number of aliphatic carboxylic acids is 1. The third-order valence-corrected chi connectivity index (χ3v) is 7.12. The molecule has 0 aliphatic heterocycles. The molecule has 0 aromatic heterocycles. The average Bonchev–Trinajstić information content (AvgIpc) is 3.18. The van der Waals surface area contributed by atoms with Crippen LogP contribution in [0, 0.1) is 11.8 Å². The lowest BCUT2D eigenvalue weighted by atomic mass is 9.78. The molecule has 2 amide bonds. The minimum Gasteiger partial charge on any atom is -0.480 e. The number of carbonyl (C=O) groups excluding carboxylic acids is 2. The molecule has 0 spiro atoms. The Morgan fingerprint density at radius 1 is 1.00 bits per heavy atom. The van der Waals surface area contributed by atoms with E-state index in [0.29, 0.717) is 19.4 Å². The Balaban J connectivity index is 1.33. The summed E-state index contributed by atoms with van der Waals surface area (Å²) >= 11 is 0. The maximum atomic E-state index is 12.7. The number of hydrogen-bond donors (Lipinski definition) is 3. The van der Waals surface area contributed by atoms with Gasteiger partial charge in [0.25, 0.3) is 0 Å². The Kier molecular flexibility index (Phi) is 7.50. The summed E-state index contributed by atoms with van der Waals surface area (Å²) in [4.78, 5) is 36.6. The molecule has 34 heavy (non-hydrogen) atoms. The molecule has 2 aromatic rings. The number of amides is 2. The van der Waals surface area contributed by atoms with Gasteiger partial charge in [0.15, 0.2) is 0 Å². The maximum Gasteiger partial charge on any atom is 0.407 e. The second-order valence-corrected chi connectivity index (χ2v) is 9.17. The van der Waals surface area contributed by atoms with Crippen molar-refractivity contribution in [2.75, 3.05) is 13.2 Å². The Bertz CT molecular complexity index is 1010. The first kappa shape index (κ1) is 23.8. The van der Waals surface area contributed by atoms with Crippen LogP contribution in [0.4, 0.5) is 4.79 Å². The van der Waals surface area contributed by atoms with Gasteiger partial charge in [-0.3, -0.25) is 4.79 Å². The summed E-state index contributed by atoms with van der Waals surface area (Å²) in [6, 6.07) is 15.5. The molecule has 0 bridgehead atoms. The normalized spacial score (nSPS) is 20.0. The summed E-state index contributed by atoms with van der Waals surface area (Å²) in [7, 11) is 0. The van der Waals surface area contributed by atoms with Gasteiger partial charge in [0.1, 0.15) is 12.6 Å². The Labute approximate surface area is 199 Å². The predicted octanol–water partition coefficient (Wildman–Crippen LogP) is 4.31. The van der Waals surface area contributed by atoms with Crippen LogP contribution in [0.25, 0.3) is 11.1 Å². The third kappa shape index (κ3) is 5.08. The molecule has 3 atom stereocenters. The van der Waals surface area contributed by atoms with Crippen LogP contribution < -0.4 is 10.6 Å². The van der Waals surface area contributed by atoms with Gasteiger partial charge >= 0.3 is 12.1 Å². The van der Waals surface area contributed by atoms with Crippen LogP contribution in [0.5, 0.6) is 0 Å². The summed E-state index contributed by atoms with van der Waals surface area (Å²) in [5.74, 6) is -1.63. The molecule has 3 N–H and O–H groups in total. The number of fused-ring (bicyclic) bond motifs is 3. The third-order valence-electron chi connectivity index (χ3n) is 7.12. The number of benzene rings is 2. The summed E-state index contributed by atoms with van der Waals surface area (Å²) in [6.07, 6.45) is 3.24. The molecule has 2 aliphatic carbocycles. The minimum atomic E-state index is -1.03. The maximum absolute atomic E-state index is 12.7. The zero-order valence-corrected chi connectivity index (χ0v) is 19.5. The van der Waals surface area contributed by atoms with E-state index in [9.17, 15) is 19.5 Å². The Morgan fingerprint density at radius 3 is 2.24 bits per heavy atom. The molecule has 0 saturated heterocycles. The molecule has 7 heteroatoms. The van der Waals surface area contributed by atoms with Gasteiger partial charge in [-0.2, -0.15) is 0 Å². The lowest BCUT2D eigenvalue weighted by Gasteiger charge is -2.31. The van der Waals surface area contributed by atoms with E-state index in [1.54, 1.807) is 6.92 Å². The lowest BCUT2D eigenvalue weighted by Crippen LogP contribution is -2.47. The zero-order chi connectivity index (χ0) is 24.1. The number of hydrogen-bond acceptors (Lipinski definition) is 4. The molecular formula is C27H32N2O5. The van der Waals surface area contributed by atoms with Gasteiger partial charge in [-0.25, -0.2) is 9.59 Å². The quantitative estimate of drug-likeness (QED) is 0.540. The van der Waals surface area contributed by atoms with E-state index in [4.69, 9.17) is 4.74 Å². The highest BCUT2D eigenvalue weighted by Gasteiger charge is 2.33. The first-order valence-electron chi connectivity index (χ1n) is 12.1. The van der Waals surface area contributed by atoms with Crippen LogP contribution in [-0.2, 0) is 14.3 Å². The standard InChI is InChI=1S/C27H32N2O5/c1-2-24(26(31)32)29-25(30)18-10-4-3-9-17(18)15-28-27(33)34-16-23-21-13-7-5-11-19(21)20-12-6-8-14-22(20)23/h5-8,11-14,17-18,23-24H,2-4,9-10,15-16H2,1H3,(H,28,33)(H,29,30)(H,31,32)/t17-,18-,24+/m0/s1. The molecule has 7 nitrogen and oxygen atoms in total.